The van der Waals surface area contributed by atoms with Gasteiger partial charge in [0.2, 0.25) is 10.0 Å². The highest BCUT2D eigenvalue weighted by Crippen LogP contribution is 2.27. The van der Waals surface area contributed by atoms with Crippen molar-refractivity contribution in [1.29, 1.82) is 0 Å². The highest BCUT2D eigenvalue weighted by Gasteiger charge is 2.07. The van der Waals surface area contributed by atoms with Crippen molar-refractivity contribution in [3.8, 4) is 5.75 Å². The lowest BCUT2D eigenvalue weighted by molar-refractivity contribution is 0.252. The SMILES string of the molecule is COc1ccc(NC(=O)NCCc2ccc(S(N)(=O)=O)cc2)cc1Cl. The van der Waals surface area contributed by atoms with E-state index in [0.29, 0.717) is 29.4 Å². The molecule has 7 nitrogen and oxygen atoms in total. The van der Waals surface area contributed by atoms with Crippen LogP contribution in [0.1, 0.15) is 5.56 Å². The average Bonchev–Trinajstić information content (AvgIpc) is 2.54. The molecule has 0 bridgehead atoms. The maximum Gasteiger partial charge on any atom is 0.319 e. The molecule has 25 heavy (non-hydrogen) atoms. The third-order valence-electron chi connectivity index (χ3n) is 3.36. The van der Waals surface area contributed by atoms with Gasteiger partial charge in [0.25, 0.3) is 0 Å². The van der Waals surface area contributed by atoms with Gasteiger partial charge in [-0.05, 0) is 42.3 Å². The maximum atomic E-state index is 11.9. The summed E-state index contributed by atoms with van der Waals surface area (Å²) < 4.78 is 27.4. The predicted molar refractivity (Wildman–Crippen MR) is 96.5 cm³/mol. The standard InChI is InChI=1S/C16H18ClN3O4S/c1-24-15-7-4-12(10-14(15)17)20-16(21)19-9-8-11-2-5-13(6-3-11)25(18,22)23/h2-7,10H,8-9H2,1H3,(H2,18,22,23)(H2,19,20,21). The van der Waals surface area contributed by atoms with E-state index in [0.717, 1.165) is 5.56 Å². The summed E-state index contributed by atoms with van der Waals surface area (Å²) in [6.45, 7) is 0.379. The molecule has 0 radical (unpaired) electrons. The number of anilines is 1. The maximum absolute atomic E-state index is 11.9. The van der Waals surface area contributed by atoms with E-state index in [4.69, 9.17) is 21.5 Å². The van der Waals surface area contributed by atoms with Gasteiger partial charge in [0, 0.05) is 12.2 Å². The minimum atomic E-state index is -3.70. The average molecular weight is 384 g/mol. The predicted octanol–water partition coefficient (Wildman–Crippen LogP) is 2.36. The first-order chi connectivity index (χ1) is 11.8. The van der Waals surface area contributed by atoms with Gasteiger partial charge in [-0.3, -0.25) is 0 Å². The number of nitrogens with one attached hydrogen (secondary N) is 2. The number of primary sulfonamides is 1. The fourth-order valence-corrected chi connectivity index (χ4v) is 2.86. The molecule has 4 N–H and O–H groups in total. The first-order valence-electron chi connectivity index (χ1n) is 7.30. The molecular formula is C16H18ClN3O4S. The molecule has 0 atom stereocenters. The minimum absolute atomic E-state index is 0.0540. The number of rotatable bonds is 6. The molecule has 0 aliphatic heterocycles. The largest absolute Gasteiger partial charge is 0.495 e. The first kappa shape index (κ1) is 19.0. The van der Waals surface area contributed by atoms with E-state index in [9.17, 15) is 13.2 Å². The summed E-state index contributed by atoms with van der Waals surface area (Å²) in [7, 11) is -2.19. The Hall–Kier alpha value is -2.29. The Morgan fingerprint density at radius 2 is 1.88 bits per heavy atom. The van der Waals surface area contributed by atoms with Gasteiger partial charge in [-0.2, -0.15) is 0 Å². The Morgan fingerprint density at radius 1 is 1.20 bits per heavy atom. The van der Waals surface area contributed by atoms with Crippen molar-refractivity contribution in [3.63, 3.8) is 0 Å². The van der Waals surface area contributed by atoms with Crippen LogP contribution in [0.2, 0.25) is 5.02 Å². The highest BCUT2D eigenvalue weighted by molar-refractivity contribution is 7.89. The number of urea groups is 1. The number of sulfonamides is 1. The highest BCUT2D eigenvalue weighted by atomic mass is 35.5. The van der Waals surface area contributed by atoms with Gasteiger partial charge in [-0.25, -0.2) is 18.4 Å². The summed E-state index contributed by atoms with van der Waals surface area (Å²) in [6.07, 6.45) is 0.543. The zero-order chi connectivity index (χ0) is 18.4. The topological polar surface area (TPSA) is 111 Å². The molecule has 0 heterocycles. The van der Waals surface area contributed by atoms with Crippen LogP contribution in [0.25, 0.3) is 0 Å². The van der Waals surface area contributed by atoms with Crippen LogP contribution < -0.4 is 20.5 Å². The molecule has 2 amide bonds. The molecule has 0 spiro atoms. The Bertz CT molecular complexity index is 854. The quantitative estimate of drug-likeness (QED) is 0.711. The number of carbonyl (C=O) groups is 1. The third kappa shape index (κ3) is 5.63. The molecule has 2 aromatic rings. The Labute approximate surface area is 151 Å². The number of hydrogen-bond donors (Lipinski definition) is 3. The zero-order valence-corrected chi connectivity index (χ0v) is 15.0. The summed E-state index contributed by atoms with van der Waals surface area (Å²) in [5.74, 6) is 0.524. The van der Waals surface area contributed by atoms with E-state index in [1.165, 1.54) is 19.2 Å². The summed E-state index contributed by atoms with van der Waals surface area (Å²) in [5.41, 5.74) is 1.42. The summed E-state index contributed by atoms with van der Waals surface area (Å²) in [5, 5.41) is 10.8. The number of benzene rings is 2. The van der Waals surface area contributed by atoms with Crippen LogP contribution in [-0.4, -0.2) is 28.1 Å². The molecule has 0 saturated carbocycles. The molecule has 9 heteroatoms. The van der Waals surface area contributed by atoms with E-state index in [2.05, 4.69) is 10.6 Å². The van der Waals surface area contributed by atoms with Crippen molar-refractivity contribution < 1.29 is 17.9 Å². The van der Waals surface area contributed by atoms with Crippen molar-refractivity contribution in [2.75, 3.05) is 19.0 Å². The molecule has 2 aromatic carbocycles. The zero-order valence-electron chi connectivity index (χ0n) is 13.5. The lowest BCUT2D eigenvalue weighted by Crippen LogP contribution is -2.30. The fraction of sp³-hybridized carbons (Fsp3) is 0.188. The number of carbonyl (C=O) groups excluding carboxylic acids is 1. The summed E-state index contributed by atoms with van der Waals surface area (Å²) in [6, 6.07) is 10.7. The molecule has 2 rings (SSSR count). The van der Waals surface area contributed by atoms with Gasteiger partial charge >= 0.3 is 6.03 Å². The van der Waals surface area contributed by atoms with Crippen LogP contribution in [0.15, 0.2) is 47.4 Å². The van der Waals surface area contributed by atoms with Crippen molar-refractivity contribution in [2.45, 2.75) is 11.3 Å². The molecule has 0 aliphatic rings. The number of amides is 2. The Morgan fingerprint density at radius 3 is 2.44 bits per heavy atom. The fourth-order valence-electron chi connectivity index (χ4n) is 2.09. The van der Waals surface area contributed by atoms with Crippen LogP contribution in [0.4, 0.5) is 10.5 Å². The smallest absolute Gasteiger partial charge is 0.319 e. The molecule has 0 aliphatic carbocycles. The van der Waals surface area contributed by atoms with Crippen LogP contribution in [0.5, 0.6) is 5.75 Å². The number of nitrogens with two attached hydrogens (primary N) is 1. The van der Waals surface area contributed by atoms with Crippen LogP contribution in [0.3, 0.4) is 0 Å². The lowest BCUT2D eigenvalue weighted by atomic mass is 10.1. The number of ether oxygens (including phenoxy) is 1. The molecule has 134 valence electrons. The van der Waals surface area contributed by atoms with E-state index < -0.39 is 10.0 Å². The van der Waals surface area contributed by atoms with Crippen LogP contribution in [0, 0.1) is 0 Å². The first-order valence-corrected chi connectivity index (χ1v) is 9.22. The van der Waals surface area contributed by atoms with E-state index in [-0.39, 0.29) is 10.9 Å². The van der Waals surface area contributed by atoms with E-state index in [1.807, 2.05) is 0 Å². The van der Waals surface area contributed by atoms with Crippen LogP contribution >= 0.6 is 11.6 Å². The van der Waals surface area contributed by atoms with Gasteiger partial charge in [-0.1, -0.05) is 23.7 Å². The summed E-state index contributed by atoms with van der Waals surface area (Å²) >= 11 is 5.99. The number of halogens is 1. The van der Waals surface area contributed by atoms with Gasteiger partial charge < -0.3 is 15.4 Å². The monoisotopic (exact) mass is 383 g/mol. The second kappa shape index (κ2) is 8.19. The minimum Gasteiger partial charge on any atom is -0.495 e. The van der Waals surface area contributed by atoms with Crippen molar-refractivity contribution in [3.05, 3.63) is 53.1 Å². The van der Waals surface area contributed by atoms with Crippen LogP contribution in [-0.2, 0) is 16.4 Å². The van der Waals surface area contributed by atoms with Crippen molar-refractivity contribution in [1.82, 2.24) is 5.32 Å². The molecule has 0 aromatic heterocycles. The molecule has 0 saturated heterocycles. The second-order valence-electron chi connectivity index (χ2n) is 5.17. The lowest BCUT2D eigenvalue weighted by Gasteiger charge is -2.09. The number of hydrogen-bond acceptors (Lipinski definition) is 4. The van der Waals surface area contributed by atoms with Gasteiger partial charge in [0.1, 0.15) is 5.75 Å². The Balaban J connectivity index is 1.83. The summed E-state index contributed by atoms with van der Waals surface area (Å²) in [4.78, 5) is 11.9. The Kier molecular flexibility index (Phi) is 6.24. The van der Waals surface area contributed by atoms with Crippen molar-refractivity contribution >= 4 is 33.3 Å². The van der Waals surface area contributed by atoms with E-state index >= 15 is 0 Å². The van der Waals surface area contributed by atoms with E-state index in [1.54, 1.807) is 30.3 Å². The third-order valence-corrected chi connectivity index (χ3v) is 4.59. The second-order valence-corrected chi connectivity index (χ2v) is 7.14. The normalized spacial score (nSPS) is 11.0. The van der Waals surface area contributed by atoms with Crippen molar-refractivity contribution in [2.24, 2.45) is 5.14 Å². The molecular weight excluding hydrogens is 366 g/mol. The van der Waals surface area contributed by atoms with Gasteiger partial charge in [-0.15, -0.1) is 0 Å². The van der Waals surface area contributed by atoms with Gasteiger partial charge in [0.05, 0.1) is 17.0 Å². The number of methoxy groups -OCH3 is 1. The molecule has 0 unspecified atom stereocenters. The van der Waals surface area contributed by atoms with Gasteiger partial charge in [0.15, 0.2) is 0 Å². The molecule has 0 fully saturated rings.